The van der Waals surface area contributed by atoms with Crippen molar-refractivity contribution in [1.82, 2.24) is 0 Å². The van der Waals surface area contributed by atoms with Gasteiger partial charge in [0.1, 0.15) is 10.6 Å². The van der Waals surface area contributed by atoms with Crippen molar-refractivity contribution in [2.45, 2.75) is 96.5 Å². The molecule has 0 unspecified atom stereocenters. The summed E-state index contributed by atoms with van der Waals surface area (Å²) in [6, 6.07) is 10.8. The third-order valence-corrected chi connectivity index (χ3v) is 7.30. The third kappa shape index (κ3) is 6.86. The summed E-state index contributed by atoms with van der Waals surface area (Å²) in [5.74, 6) is 1.21. The first-order valence-electron chi connectivity index (χ1n) is 12.2. The van der Waals surface area contributed by atoms with Gasteiger partial charge >= 0.3 is 10.1 Å². The van der Waals surface area contributed by atoms with Crippen LogP contribution in [0.5, 0.6) is 11.5 Å². The minimum atomic E-state index is -3.97. The molecule has 0 spiro atoms. The molecule has 0 heterocycles. The number of rotatable bonds is 10. The van der Waals surface area contributed by atoms with Gasteiger partial charge in [0.15, 0.2) is 5.75 Å². The lowest BCUT2D eigenvalue weighted by Gasteiger charge is -2.26. The normalized spacial score (nSPS) is 16.5. The van der Waals surface area contributed by atoms with Crippen molar-refractivity contribution >= 4 is 10.1 Å². The van der Waals surface area contributed by atoms with Gasteiger partial charge in [-0.25, -0.2) is 0 Å². The summed E-state index contributed by atoms with van der Waals surface area (Å²) in [6.45, 7) is 10.2. The molecule has 0 saturated carbocycles. The summed E-state index contributed by atoms with van der Waals surface area (Å²) >= 11 is 0. The van der Waals surface area contributed by atoms with Crippen LogP contribution in [-0.2, 0) is 16.5 Å². The summed E-state index contributed by atoms with van der Waals surface area (Å²) in [6.07, 6.45) is 9.48. The van der Waals surface area contributed by atoms with Crippen molar-refractivity contribution in [3.8, 4) is 11.5 Å². The lowest BCUT2D eigenvalue weighted by molar-refractivity contribution is 0.238. The standard InChI is InChI=1S/C28H38O4S/c1-6-7-8-11-23-18-26(31-20(2)3)28(24-12-9-10-22(5)17-24)27(19-23)32-33(29,30)25-15-13-21(4)14-16-25/h13-20,24H,6-12H2,1-5H3/t24-/m0/s1. The lowest BCUT2D eigenvalue weighted by Crippen LogP contribution is -2.16. The molecule has 180 valence electrons. The average molecular weight is 471 g/mol. The minimum Gasteiger partial charge on any atom is -0.491 e. The number of hydrogen-bond donors (Lipinski definition) is 0. The molecule has 0 N–H and O–H groups in total. The van der Waals surface area contributed by atoms with Gasteiger partial charge < -0.3 is 8.92 Å². The van der Waals surface area contributed by atoms with Crippen LogP contribution >= 0.6 is 0 Å². The zero-order chi connectivity index (χ0) is 24.0. The van der Waals surface area contributed by atoms with E-state index in [-0.39, 0.29) is 16.9 Å². The van der Waals surface area contributed by atoms with E-state index in [0.717, 1.165) is 67.4 Å². The summed E-state index contributed by atoms with van der Waals surface area (Å²) in [5.41, 5.74) is 4.22. The van der Waals surface area contributed by atoms with Gasteiger partial charge in [0.2, 0.25) is 0 Å². The molecule has 4 nitrogen and oxygen atoms in total. The summed E-state index contributed by atoms with van der Waals surface area (Å²) < 4.78 is 38.6. The molecule has 3 rings (SSSR count). The molecule has 0 bridgehead atoms. The Morgan fingerprint density at radius 1 is 1.03 bits per heavy atom. The Labute approximate surface area is 200 Å². The van der Waals surface area contributed by atoms with Crippen molar-refractivity contribution in [2.24, 2.45) is 0 Å². The second-order valence-electron chi connectivity index (χ2n) is 9.49. The molecule has 1 aliphatic carbocycles. The van der Waals surface area contributed by atoms with Gasteiger partial charge in [-0.05, 0) is 89.6 Å². The first kappa shape index (κ1) is 25.4. The molecule has 0 fully saturated rings. The molecule has 33 heavy (non-hydrogen) atoms. The van der Waals surface area contributed by atoms with Crippen LogP contribution in [0.1, 0.15) is 88.8 Å². The number of ether oxygens (including phenoxy) is 1. The maximum atomic E-state index is 13.2. The Balaban J connectivity index is 2.11. The highest BCUT2D eigenvalue weighted by Crippen LogP contribution is 2.44. The zero-order valence-corrected chi connectivity index (χ0v) is 21.5. The second-order valence-corrected chi connectivity index (χ2v) is 11.0. The first-order chi connectivity index (χ1) is 15.7. The molecular weight excluding hydrogens is 432 g/mol. The summed E-state index contributed by atoms with van der Waals surface area (Å²) in [7, 11) is -3.97. The van der Waals surface area contributed by atoms with Gasteiger partial charge in [-0.15, -0.1) is 0 Å². The molecule has 1 aliphatic rings. The van der Waals surface area contributed by atoms with Crippen molar-refractivity contribution in [3.63, 3.8) is 0 Å². The van der Waals surface area contributed by atoms with Gasteiger partial charge in [-0.2, -0.15) is 8.42 Å². The summed E-state index contributed by atoms with van der Waals surface area (Å²) in [4.78, 5) is 0.164. The van der Waals surface area contributed by atoms with Crippen LogP contribution < -0.4 is 8.92 Å². The molecule has 0 saturated heterocycles. The van der Waals surface area contributed by atoms with E-state index in [9.17, 15) is 8.42 Å². The lowest BCUT2D eigenvalue weighted by atomic mass is 9.84. The molecule has 1 atom stereocenters. The molecule has 0 amide bonds. The van der Waals surface area contributed by atoms with Crippen molar-refractivity contribution < 1.29 is 17.3 Å². The van der Waals surface area contributed by atoms with E-state index in [1.807, 2.05) is 26.8 Å². The largest absolute Gasteiger partial charge is 0.491 e. The molecule has 2 aromatic rings. The number of hydrogen-bond acceptors (Lipinski definition) is 4. The predicted molar refractivity (Wildman–Crippen MR) is 135 cm³/mol. The van der Waals surface area contributed by atoms with Crippen LogP contribution in [0.3, 0.4) is 0 Å². The van der Waals surface area contributed by atoms with E-state index in [2.05, 4.69) is 26.0 Å². The third-order valence-electron chi connectivity index (χ3n) is 6.05. The van der Waals surface area contributed by atoms with E-state index < -0.39 is 10.1 Å². The van der Waals surface area contributed by atoms with Crippen LogP contribution in [0.2, 0.25) is 0 Å². The van der Waals surface area contributed by atoms with Crippen LogP contribution in [-0.4, -0.2) is 14.5 Å². The second kappa shape index (κ2) is 11.2. The van der Waals surface area contributed by atoms with E-state index in [0.29, 0.717) is 5.75 Å². The van der Waals surface area contributed by atoms with E-state index in [1.165, 1.54) is 5.57 Å². The van der Waals surface area contributed by atoms with E-state index in [1.54, 1.807) is 24.3 Å². The van der Waals surface area contributed by atoms with Crippen molar-refractivity contribution in [1.29, 1.82) is 0 Å². The smallest absolute Gasteiger partial charge is 0.339 e. The monoisotopic (exact) mass is 470 g/mol. The molecule has 0 aliphatic heterocycles. The van der Waals surface area contributed by atoms with Crippen LogP contribution in [0.4, 0.5) is 0 Å². The predicted octanol–water partition coefficient (Wildman–Crippen LogP) is 7.50. The Hall–Kier alpha value is -2.27. The zero-order valence-electron chi connectivity index (χ0n) is 20.7. The van der Waals surface area contributed by atoms with E-state index in [4.69, 9.17) is 8.92 Å². The number of aryl methyl sites for hydroxylation is 2. The Kier molecular flexibility index (Phi) is 8.63. The number of allylic oxidation sites excluding steroid dienone is 2. The quantitative estimate of drug-likeness (QED) is 0.205. The number of unbranched alkanes of at least 4 members (excludes halogenated alkanes) is 2. The fourth-order valence-electron chi connectivity index (χ4n) is 4.37. The van der Waals surface area contributed by atoms with Gasteiger partial charge in [0.05, 0.1) is 6.10 Å². The Morgan fingerprint density at radius 2 is 1.73 bits per heavy atom. The fourth-order valence-corrected chi connectivity index (χ4v) is 5.31. The maximum absolute atomic E-state index is 13.2. The highest BCUT2D eigenvalue weighted by Gasteiger charge is 2.27. The topological polar surface area (TPSA) is 52.6 Å². The molecule has 5 heteroatoms. The fraction of sp³-hybridized carbons (Fsp3) is 0.500. The molecule has 0 aromatic heterocycles. The van der Waals surface area contributed by atoms with Crippen LogP contribution in [0.25, 0.3) is 0 Å². The first-order valence-corrected chi connectivity index (χ1v) is 13.6. The SMILES string of the molecule is CCCCCc1cc(OC(C)C)c([C@@H]2C=C(C)CCC2)c(OS(=O)(=O)c2ccc(C)cc2)c1. The van der Waals surface area contributed by atoms with Gasteiger partial charge in [-0.3, -0.25) is 0 Å². The van der Waals surface area contributed by atoms with Crippen LogP contribution in [0.15, 0.2) is 52.9 Å². The Bertz CT molecular complexity index is 1070. The van der Waals surface area contributed by atoms with Gasteiger partial charge in [-0.1, -0.05) is 49.1 Å². The van der Waals surface area contributed by atoms with Crippen molar-refractivity contribution in [2.75, 3.05) is 0 Å². The highest BCUT2D eigenvalue weighted by molar-refractivity contribution is 7.87. The van der Waals surface area contributed by atoms with Crippen molar-refractivity contribution in [3.05, 3.63) is 64.7 Å². The van der Waals surface area contributed by atoms with Gasteiger partial charge in [0, 0.05) is 11.5 Å². The van der Waals surface area contributed by atoms with Gasteiger partial charge in [0.25, 0.3) is 0 Å². The molecule has 2 aromatic carbocycles. The molecular formula is C28H38O4S. The highest BCUT2D eigenvalue weighted by atomic mass is 32.2. The average Bonchev–Trinajstić information content (AvgIpc) is 2.73. The minimum absolute atomic E-state index is 0.0233. The summed E-state index contributed by atoms with van der Waals surface area (Å²) in [5, 5.41) is 0. The van der Waals surface area contributed by atoms with Crippen LogP contribution in [0, 0.1) is 6.92 Å². The number of benzene rings is 2. The molecule has 0 radical (unpaired) electrons. The van der Waals surface area contributed by atoms with E-state index >= 15 is 0 Å². The maximum Gasteiger partial charge on any atom is 0.339 e. The Morgan fingerprint density at radius 3 is 2.36 bits per heavy atom.